The van der Waals surface area contributed by atoms with E-state index in [1.165, 1.54) is 0 Å². The van der Waals surface area contributed by atoms with Crippen molar-refractivity contribution in [1.82, 2.24) is 19.2 Å². The first-order chi connectivity index (χ1) is 9.65. The normalized spacial score (nSPS) is 16.8. The zero-order valence-corrected chi connectivity index (χ0v) is 13.0. The molecule has 106 valence electrons. The quantitative estimate of drug-likeness (QED) is 0.839. The Hall–Kier alpha value is -1.40. The molecule has 0 bridgehead atoms. The average molecular weight is 337 g/mol. The van der Waals surface area contributed by atoms with Crippen LogP contribution in [0.1, 0.15) is 12.7 Å². The van der Waals surface area contributed by atoms with Gasteiger partial charge >= 0.3 is 0 Å². The number of carbonyl (C=O) groups excluding carboxylic acids is 1. The summed E-state index contributed by atoms with van der Waals surface area (Å²) in [5, 5.41) is 0. The Morgan fingerprint density at radius 1 is 1.30 bits per heavy atom. The van der Waals surface area contributed by atoms with Gasteiger partial charge in [0, 0.05) is 39.3 Å². The van der Waals surface area contributed by atoms with Gasteiger partial charge in [-0.05, 0) is 28.1 Å². The summed E-state index contributed by atoms with van der Waals surface area (Å²) in [4.78, 5) is 20.2. The number of halogens is 1. The van der Waals surface area contributed by atoms with Gasteiger partial charge in [-0.15, -0.1) is 0 Å². The molecule has 1 fully saturated rings. The van der Waals surface area contributed by atoms with Crippen LogP contribution in [0.15, 0.2) is 29.0 Å². The Bertz CT molecular complexity index is 631. The molecule has 6 heteroatoms. The molecule has 0 aromatic carbocycles. The van der Waals surface area contributed by atoms with E-state index in [-0.39, 0.29) is 5.91 Å². The zero-order chi connectivity index (χ0) is 14.1. The molecule has 20 heavy (non-hydrogen) atoms. The summed E-state index contributed by atoms with van der Waals surface area (Å²) in [5.41, 5.74) is 1.09. The molecule has 2 aromatic heterocycles. The molecule has 1 amide bonds. The molecular weight excluding hydrogens is 320 g/mol. The smallest absolute Gasteiger partial charge is 0.219 e. The van der Waals surface area contributed by atoms with Crippen LogP contribution in [-0.2, 0) is 11.3 Å². The highest BCUT2D eigenvalue weighted by molar-refractivity contribution is 9.10. The molecule has 0 aliphatic carbocycles. The summed E-state index contributed by atoms with van der Waals surface area (Å²) < 4.78 is 3.00. The van der Waals surface area contributed by atoms with Crippen LogP contribution >= 0.6 is 15.9 Å². The number of piperazine rings is 1. The minimum Gasteiger partial charge on any atom is -0.340 e. The molecule has 3 heterocycles. The van der Waals surface area contributed by atoms with Gasteiger partial charge in [-0.3, -0.25) is 9.69 Å². The van der Waals surface area contributed by atoms with Crippen molar-refractivity contribution in [3.8, 4) is 0 Å². The number of imidazole rings is 1. The zero-order valence-electron chi connectivity index (χ0n) is 11.4. The minimum absolute atomic E-state index is 0.165. The van der Waals surface area contributed by atoms with E-state index >= 15 is 0 Å². The van der Waals surface area contributed by atoms with Gasteiger partial charge in [-0.2, -0.15) is 0 Å². The molecule has 2 aromatic rings. The number of amides is 1. The number of rotatable bonds is 2. The fourth-order valence-corrected chi connectivity index (χ4v) is 3.12. The Labute approximate surface area is 126 Å². The van der Waals surface area contributed by atoms with Crippen molar-refractivity contribution in [3.63, 3.8) is 0 Å². The standard InChI is InChI=1S/C14H17BrN4O/c1-11(20)18-8-6-17(7-9-18)10-13-16-14(15)12-4-2-3-5-19(12)13/h2-5H,6-10H2,1H3. The van der Waals surface area contributed by atoms with Gasteiger partial charge in [0.25, 0.3) is 0 Å². The van der Waals surface area contributed by atoms with Crippen LogP contribution in [0.5, 0.6) is 0 Å². The maximum absolute atomic E-state index is 11.3. The lowest BCUT2D eigenvalue weighted by Crippen LogP contribution is -2.47. The van der Waals surface area contributed by atoms with Gasteiger partial charge in [0.05, 0.1) is 12.1 Å². The number of pyridine rings is 1. The van der Waals surface area contributed by atoms with E-state index in [9.17, 15) is 4.79 Å². The van der Waals surface area contributed by atoms with Crippen LogP contribution in [0.3, 0.4) is 0 Å². The third kappa shape index (κ3) is 2.58. The van der Waals surface area contributed by atoms with Crippen LogP contribution in [0.4, 0.5) is 0 Å². The first kappa shape index (κ1) is 13.6. The van der Waals surface area contributed by atoms with Crippen molar-refractivity contribution < 1.29 is 4.79 Å². The summed E-state index contributed by atoms with van der Waals surface area (Å²) in [5.74, 6) is 1.20. The van der Waals surface area contributed by atoms with E-state index in [2.05, 4.69) is 30.2 Å². The number of fused-ring (bicyclic) bond motifs is 1. The molecule has 0 saturated carbocycles. The van der Waals surface area contributed by atoms with Crippen LogP contribution in [0.2, 0.25) is 0 Å². The monoisotopic (exact) mass is 336 g/mol. The Morgan fingerprint density at radius 3 is 2.75 bits per heavy atom. The molecule has 1 saturated heterocycles. The SMILES string of the molecule is CC(=O)N1CCN(Cc2nc(Br)c3ccccn23)CC1. The van der Waals surface area contributed by atoms with Crippen LogP contribution < -0.4 is 0 Å². The number of nitrogens with zero attached hydrogens (tertiary/aromatic N) is 4. The van der Waals surface area contributed by atoms with Crippen LogP contribution in [0.25, 0.3) is 5.52 Å². The van der Waals surface area contributed by atoms with Crippen LogP contribution in [0, 0.1) is 0 Å². The largest absolute Gasteiger partial charge is 0.340 e. The number of hydrogen-bond donors (Lipinski definition) is 0. The average Bonchev–Trinajstić information content (AvgIpc) is 2.77. The molecule has 0 unspecified atom stereocenters. The first-order valence-corrected chi connectivity index (χ1v) is 7.54. The summed E-state index contributed by atoms with van der Waals surface area (Å²) in [6.07, 6.45) is 2.04. The van der Waals surface area contributed by atoms with Crippen molar-refractivity contribution in [1.29, 1.82) is 0 Å². The predicted molar refractivity (Wildman–Crippen MR) is 80.4 cm³/mol. The van der Waals surface area contributed by atoms with Crippen LogP contribution in [-0.4, -0.2) is 51.3 Å². The molecule has 5 nitrogen and oxygen atoms in total. The van der Waals surface area contributed by atoms with Gasteiger partial charge in [0.1, 0.15) is 10.4 Å². The van der Waals surface area contributed by atoms with E-state index in [1.54, 1.807) is 6.92 Å². The fraction of sp³-hybridized carbons (Fsp3) is 0.429. The molecule has 0 spiro atoms. The van der Waals surface area contributed by atoms with Gasteiger partial charge < -0.3 is 9.30 Å². The fourth-order valence-electron chi connectivity index (χ4n) is 2.59. The van der Waals surface area contributed by atoms with Crippen molar-refractivity contribution in [2.24, 2.45) is 0 Å². The summed E-state index contributed by atoms with van der Waals surface area (Å²) in [6, 6.07) is 6.07. The summed E-state index contributed by atoms with van der Waals surface area (Å²) in [6.45, 7) is 5.86. The second-order valence-corrected chi connectivity index (χ2v) is 5.81. The molecule has 1 aliphatic heterocycles. The lowest BCUT2D eigenvalue weighted by atomic mass is 10.3. The Balaban J connectivity index is 1.73. The number of aromatic nitrogens is 2. The Morgan fingerprint density at radius 2 is 2.05 bits per heavy atom. The van der Waals surface area contributed by atoms with E-state index < -0.39 is 0 Å². The summed E-state index contributed by atoms with van der Waals surface area (Å²) >= 11 is 3.51. The van der Waals surface area contributed by atoms with Crippen molar-refractivity contribution >= 4 is 27.4 Å². The summed E-state index contributed by atoms with van der Waals surface area (Å²) in [7, 11) is 0. The minimum atomic E-state index is 0.165. The second kappa shape index (κ2) is 5.54. The maximum atomic E-state index is 11.3. The van der Waals surface area contributed by atoms with Gasteiger partial charge in [-0.1, -0.05) is 6.07 Å². The van der Waals surface area contributed by atoms with Gasteiger partial charge in [0.2, 0.25) is 5.91 Å². The maximum Gasteiger partial charge on any atom is 0.219 e. The first-order valence-electron chi connectivity index (χ1n) is 6.74. The lowest BCUT2D eigenvalue weighted by Gasteiger charge is -2.33. The van der Waals surface area contributed by atoms with Crippen molar-refractivity contribution in [3.05, 3.63) is 34.8 Å². The highest BCUT2D eigenvalue weighted by Gasteiger charge is 2.20. The second-order valence-electron chi connectivity index (χ2n) is 5.06. The topological polar surface area (TPSA) is 40.9 Å². The molecule has 0 N–H and O–H groups in total. The predicted octanol–water partition coefficient (Wildman–Crippen LogP) is 1.76. The van der Waals surface area contributed by atoms with E-state index in [1.807, 2.05) is 29.3 Å². The molecule has 3 rings (SSSR count). The Kier molecular flexibility index (Phi) is 3.76. The molecular formula is C14H17BrN4O. The third-order valence-electron chi connectivity index (χ3n) is 3.76. The van der Waals surface area contributed by atoms with E-state index in [4.69, 9.17) is 0 Å². The van der Waals surface area contributed by atoms with Crippen molar-refractivity contribution in [2.45, 2.75) is 13.5 Å². The van der Waals surface area contributed by atoms with E-state index in [0.29, 0.717) is 0 Å². The van der Waals surface area contributed by atoms with Crippen molar-refractivity contribution in [2.75, 3.05) is 26.2 Å². The highest BCUT2D eigenvalue weighted by Crippen LogP contribution is 2.19. The van der Waals surface area contributed by atoms with E-state index in [0.717, 1.165) is 48.7 Å². The molecule has 0 radical (unpaired) electrons. The molecule has 1 aliphatic rings. The van der Waals surface area contributed by atoms with Gasteiger partial charge in [-0.25, -0.2) is 4.98 Å². The van der Waals surface area contributed by atoms with Gasteiger partial charge in [0.15, 0.2) is 0 Å². The number of carbonyl (C=O) groups is 1. The highest BCUT2D eigenvalue weighted by atomic mass is 79.9. The number of hydrogen-bond acceptors (Lipinski definition) is 3. The lowest BCUT2D eigenvalue weighted by molar-refractivity contribution is -0.130. The molecule has 0 atom stereocenters. The third-order valence-corrected chi connectivity index (χ3v) is 4.34.